The number of rotatable bonds is 7. The van der Waals surface area contributed by atoms with Crippen molar-refractivity contribution in [3.8, 4) is 0 Å². The smallest absolute Gasteiger partial charge is 0.293 e. The summed E-state index contributed by atoms with van der Waals surface area (Å²) in [6, 6.07) is 7.00. The van der Waals surface area contributed by atoms with E-state index in [1.54, 1.807) is 31.7 Å². The van der Waals surface area contributed by atoms with E-state index in [2.05, 4.69) is 4.90 Å². The molecule has 2 aliphatic rings. The molecule has 1 fully saturated rings. The third-order valence-electron chi connectivity index (χ3n) is 4.66. The summed E-state index contributed by atoms with van der Waals surface area (Å²) in [6.45, 7) is 5.06. The number of unbranched alkanes of at least 4 members (excludes halogenated alkanes) is 1. The molecule has 0 aliphatic carbocycles. The second-order valence-electron chi connectivity index (χ2n) is 6.18. The third kappa shape index (κ3) is 3.57. The molecule has 24 heavy (non-hydrogen) atoms. The van der Waals surface area contributed by atoms with Crippen LogP contribution in [0.4, 0.5) is 0 Å². The van der Waals surface area contributed by atoms with Crippen LogP contribution in [0.5, 0.6) is 0 Å². The summed E-state index contributed by atoms with van der Waals surface area (Å²) in [7, 11) is 1.60. The molecule has 125 valence electrons. The topological polar surface area (TPSA) is 60.9 Å². The van der Waals surface area contributed by atoms with Gasteiger partial charge in [-0.1, -0.05) is 12.1 Å². The summed E-state index contributed by atoms with van der Waals surface area (Å²) in [5.74, 6) is -0.345. The molecule has 0 unspecified atom stereocenters. The lowest BCUT2D eigenvalue weighted by Crippen LogP contribution is -2.48. The quantitative estimate of drug-likeness (QED) is 0.316. The minimum absolute atomic E-state index is 0.173. The molecule has 0 N–H and O–H groups in total. The third-order valence-corrected chi connectivity index (χ3v) is 4.66. The zero-order valence-electron chi connectivity index (χ0n) is 13.7. The lowest BCUT2D eigenvalue weighted by atomic mass is 9.93. The van der Waals surface area contributed by atoms with E-state index in [4.69, 9.17) is 0 Å². The molecule has 6 nitrogen and oxygen atoms in total. The average Bonchev–Trinajstić information content (AvgIpc) is 2.85. The number of carbonyl (C=O) groups excluding carboxylic acids is 3. The lowest BCUT2D eigenvalue weighted by Gasteiger charge is -2.33. The zero-order valence-corrected chi connectivity index (χ0v) is 13.7. The molecule has 1 aromatic rings. The Kier molecular flexibility index (Phi) is 5.43. The lowest BCUT2D eigenvalue weighted by molar-refractivity contribution is 0.0649. The van der Waals surface area contributed by atoms with Gasteiger partial charge in [0.25, 0.3) is 19.2 Å². The van der Waals surface area contributed by atoms with E-state index in [9.17, 15) is 14.4 Å². The van der Waals surface area contributed by atoms with Crippen molar-refractivity contribution in [3.63, 3.8) is 0 Å². The Balaban J connectivity index is 1.40. The van der Waals surface area contributed by atoms with Crippen molar-refractivity contribution in [1.82, 2.24) is 14.6 Å². The van der Waals surface area contributed by atoms with Crippen LogP contribution < -0.4 is 0 Å². The van der Waals surface area contributed by atoms with E-state index in [1.165, 1.54) is 4.90 Å². The Morgan fingerprint density at radius 1 is 0.917 bits per heavy atom. The first-order valence-corrected chi connectivity index (χ1v) is 8.41. The van der Waals surface area contributed by atoms with E-state index in [0.717, 1.165) is 51.8 Å². The first kappa shape index (κ1) is 16.9. The molecule has 0 atom stereocenters. The van der Waals surface area contributed by atoms with Crippen LogP contribution in [0.1, 0.15) is 33.6 Å². The molecule has 3 rings (SSSR count). The summed E-state index contributed by atoms with van der Waals surface area (Å²) < 4.78 is 0. The van der Waals surface area contributed by atoms with Gasteiger partial charge in [-0.15, -0.1) is 0 Å². The second-order valence-corrected chi connectivity index (χ2v) is 6.18. The van der Waals surface area contributed by atoms with Crippen LogP contribution in [0, 0.1) is 0 Å². The number of benzene rings is 1. The monoisotopic (exact) mass is 326 g/mol. The molecule has 0 aromatic heterocycles. The Morgan fingerprint density at radius 3 is 2.08 bits per heavy atom. The highest BCUT2D eigenvalue weighted by Crippen LogP contribution is 2.22. The SMILES string of the molecule is O=C[B]N1CCN(CCCCN2C(=O)c3ccccc3C2=O)CC1. The van der Waals surface area contributed by atoms with Crippen LogP contribution in [-0.4, -0.2) is 79.3 Å². The first-order valence-electron chi connectivity index (χ1n) is 8.41. The fourth-order valence-electron chi connectivity index (χ4n) is 3.27. The highest BCUT2D eigenvalue weighted by atomic mass is 16.2. The van der Waals surface area contributed by atoms with Crippen molar-refractivity contribution >= 4 is 25.4 Å². The van der Waals surface area contributed by atoms with Gasteiger partial charge in [0.15, 0.2) is 0 Å². The van der Waals surface area contributed by atoms with Crippen LogP contribution in [0.15, 0.2) is 24.3 Å². The Hall–Kier alpha value is -1.99. The molecular formula is C17H21BN3O3. The normalized spacial score (nSPS) is 18.8. The van der Waals surface area contributed by atoms with Gasteiger partial charge in [-0.3, -0.25) is 14.5 Å². The number of amides is 2. The first-order chi connectivity index (χ1) is 11.7. The number of piperazine rings is 1. The summed E-state index contributed by atoms with van der Waals surface area (Å²) in [5.41, 5.74) is 1.04. The van der Waals surface area contributed by atoms with Gasteiger partial charge in [-0.05, 0) is 31.5 Å². The molecule has 0 saturated carbocycles. The van der Waals surface area contributed by atoms with E-state index in [0.29, 0.717) is 17.7 Å². The van der Waals surface area contributed by atoms with Crippen molar-refractivity contribution < 1.29 is 14.4 Å². The van der Waals surface area contributed by atoms with E-state index in [1.807, 2.05) is 4.81 Å². The van der Waals surface area contributed by atoms with Crippen LogP contribution in [0.2, 0.25) is 0 Å². The zero-order chi connectivity index (χ0) is 16.9. The summed E-state index contributed by atoms with van der Waals surface area (Å²) >= 11 is 0. The van der Waals surface area contributed by atoms with Crippen LogP contribution in [-0.2, 0) is 4.79 Å². The van der Waals surface area contributed by atoms with Crippen LogP contribution >= 0.6 is 0 Å². The van der Waals surface area contributed by atoms with E-state index in [-0.39, 0.29) is 11.8 Å². The van der Waals surface area contributed by atoms with Gasteiger partial charge < -0.3 is 14.5 Å². The van der Waals surface area contributed by atoms with E-state index >= 15 is 0 Å². The highest BCUT2D eigenvalue weighted by molar-refractivity contribution is 6.64. The van der Waals surface area contributed by atoms with Crippen molar-refractivity contribution in [2.45, 2.75) is 12.8 Å². The van der Waals surface area contributed by atoms with Crippen molar-refractivity contribution in [1.29, 1.82) is 0 Å². The van der Waals surface area contributed by atoms with Gasteiger partial charge in [0.2, 0.25) is 0 Å². The minimum Gasteiger partial charge on any atom is -0.338 e. The number of imide groups is 1. The van der Waals surface area contributed by atoms with Gasteiger partial charge in [0.1, 0.15) is 0 Å². The van der Waals surface area contributed by atoms with E-state index < -0.39 is 0 Å². The van der Waals surface area contributed by atoms with Gasteiger partial charge in [0, 0.05) is 32.7 Å². The maximum Gasteiger partial charge on any atom is 0.293 e. The fourth-order valence-corrected chi connectivity index (χ4v) is 3.27. The fraction of sp³-hybridized carbons (Fsp3) is 0.471. The Bertz CT molecular complexity index is 594. The van der Waals surface area contributed by atoms with Crippen molar-refractivity contribution in [3.05, 3.63) is 35.4 Å². The molecule has 7 heteroatoms. The largest absolute Gasteiger partial charge is 0.338 e. The number of nitrogens with zero attached hydrogens (tertiary/aromatic N) is 3. The van der Waals surface area contributed by atoms with Gasteiger partial charge in [0.05, 0.1) is 17.3 Å². The van der Waals surface area contributed by atoms with Crippen molar-refractivity contribution in [2.75, 3.05) is 39.3 Å². The summed E-state index contributed by atoms with van der Waals surface area (Å²) in [4.78, 5) is 40.7. The molecule has 1 aromatic carbocycles. The van der Waals surface area contributed by atoms with Gasteiger partial charge >= 0.3 is 0 Å². The average molecular weight is 326 g/mol. The molecule has 1 saturated heterocycles. The number of carbonyl (C=O) groups is 3. The highest BCUT2D eigenvalue weighted by Gasteiger charge is 2.34. The molecule has 0 bridgehead atoms. The number of hydrogen-bond donors (Lipinski definition) is 0. The number of fused-ring (bicyclic) bond motifs is 1. The minimum atomic E-state index is -0.173. The van der Waals surface area contributed by atoms with Crippen LogP contribution in [0.25, 0.3) is 0 Å². The molecule has 0 spiro atoms. The maximum atomic E-state index is 12.3. The predicted octanol–water partition coefficient (Wildman–Crippen LogP) is 0.490. The molecule has 2 amide bonds. The second kappa shape index (κ2) is 7.72. The Labute approximate surface area is 142 Å². The Morgan fingerprint density at radius 2 is 1.50 bits per heavy atom. The number of hydrogen-bond acceptors (Lipinski definition) is 5. The molecular weight excluding hydrogens is 305 g/mol. The van der Waals surface area contributed by atoms with Crippen molar-refractivity contribution in [2.24, 2.45) is 0 Å². The standard InChI is InChI=1S/C17H21BN3O3/c22-13-18-20-11-9-19(10-12-20)7-3-4-8-21-16(23)14-5-1-2-6-15(14)17(21)24/h1-2,5-6,13H,3-4,7-12H2. The molecule has 1 radical (unpaired) electrons. The van der Waals surface area contributed by atoms with Crippen LogP contribution in [0.3, 0.4) is 0 Å². The summed E-state index contributed by atoms with van der Waals surface area (Å²) in [6.07, 6.45) is 2.59. The van der Waals surface area contributed by atoms with Gasteiger partial charge in [-0.25, -0.2) is 0 Å². The molecule has 2 aliphatic heterocycles. The summed E-state index contributed by atoms with van der Waals surface area (Å²) in [5, 5.41) is 0. The maximum absolute atomic E-state index is 12.3. The predicted molar refractivity (Wildman–Crippen MR) is 91.6 cm³/mol. The van der Waals surface area contributed by atoms with Gasteiger partial charge in [-0.2, -0.15) is 0 Å². The molecule has 2 heterocycles.